The summed E-state index contributed by atoms with van der Waals surface area (Å²) in [6.45, 7) is -1.74. The topological polar surface area (TPSA) is 84.5 Å². The van der Waals surface area contributed by atoms with Crippen LogP contribution in [-0.2, 0) is 21.4 Å². The molecule has 0 bridgehead atoms. The van der Waals surface area contributed by atoms with E-state index in [0.717, 1.165) is 0 Å². The smallest absolute Gasteiger partial charge is 0.387 e. The van der Waals surface area contributed by atoms with E-state index < -0.39 is 28.6 Å². The van der Waals surface area contributed by atoms with E-state index in [-0.39, 0.29) is 22.2 Å². The summed E-state index contributed by atoms with van der Waals surface area (Å²) in [5, 5.41) is 2.72. The van der Waals surface area contributed by atoms with Crippen molar-refractivity contribution in [2.75, 3.05) is 0 Å². The van der Waals surface area contributed by atoms with Crippen LogP contribution in [0.15, 0.2) is 53.4 Å². The number of ether oxygens (including phenoxy) is 1. The van der Waals surface area contributed by atoms with Gasteiger partial charge in [-0.25, -0.2) is 8.42 Å². The molecular weight excluding hydrogens is 402 g/mol. The van der Waals surface area contributed by atoms with Crippen LogP contribution in [-0.4, -0.2) is 27.0 Å². The largest absolute Gasteiger partial charge is 0.434 e. The van der Waals surface area contributed by atoms with Gasteiger partial charge in [0.25, 0.3) is 0 Å². The van der Waals surface area contributed by atoms with Crippen LogP contribution >= 0.6 is 11.6 Å². The van der Waals surface area contributed by atoms with Crippen molar-refractivity contribution >= 4 is 27.5 Å². The second-order valence-corrected chi connectivity index (χ2v) is 7.65. The Hall–Kier alpha value is -2.23. The number of hydrogen-bond acceptors (Lipinski definition) is 4. The van der Waals surface area contributed by atoms with Gasteiger partial charge in [0.15, 0.2) is 0 Å². The highest BCUT2D eigenvalue weighted by atomic mass is 35.5. The first-order valence-corrected chi connectivity index (χ1v) is 9.63. The molecule has 2 aromatic rings. The van der Waals surface area contributed by atoms with E-state index in [1.807, 2.05) is 0 Å². The minimum Gasteiger partial charge on any atom is -0.434 e. The van der Waals surface area contributed by atoms with Crippen LogP contribution in [0.25, 0.3) is 0 Å². The standard InChI is InChI=1S/C17H17ClF2N2O4S/c1-11(22-27(24,25)14-7-4-6-13(18)9-14)16(23)21-10-12-5-2-3-8-15(12)26-17(19)20/h2-9,11,17,22H,10H2,1H3,(H,21,23). The van der Waals surface area contributed by atoms with Crippen molar-refractivity contribution in [2.45, 2.75) is 31.0 Å². The average Bonchev–Trinajstić information content (AvgIpc) is 2.60. The van der Waals surface area contributed by atoms with Gasteiger partial charge in [-0.1, -0.05) is 35.9 Å². The summed E-state index contributed by atoms with van der Waals surface area (Å²) in [5.74, 6) is -0.701. The van der Waals surface area contributed by atoms with E-state index in [1.165, 1.54) is 49.4 Å². The second-order valence-electron chi connectivity index (χ2n) is 5.50. The molecule has 6 nitrogen and oxygen atoms in total. The Balaban J connectivity index is 2.00. The number of sulfonamides is 1. The maximum atomic E-state index is 12.4. The molecule has 10 heteroatoms. The van der Waals surface area contributed by atoms with E-state index in [9.17, 15) is 22.0 Å². The minimum atomic E-state index is -3.95. The second kappa shape index (κ2) is 9.12. The van der Waals surface area contributed by atoms with Crippen LogP contribution in [0.2, 0.25) is 5.02 Å². The van der Waals surface area contributed by atoms with Gasteiger partial charge in [0.2, 0.25) is 15.9 Å². The predicted molar refractivity (Wildman–Crippen MR) is 96.2 cm³/mol. The maximum Gasteiger partial charge on any atom is 0.387 e. The van der Waals surface area contributed by atoms with E-state index in [0.29, 0.717) is 5.56 Å². The van der Waals surface area contributed by atoms with Crippen LogP contribution in [0.4, 0.5) is 8.78 Å². The van der Waals surface area contributed by atoms with Crippen LogP contribution in [0.1, 0.15) is 12.5 Å². The Morgan fingerprint density at radius 1 is 1.19 bits per heavy atom. The van der Waals surface area contributed by atoms with Gasteiger partial charge in [-0.2, -0.15) is 13.5 Å². The number of alkyl halides is 2. The lowest BCUT2D eigenvalue weighted by Crippen LogP contribution is -2.44. The van der Waals surface area contributed by atoms with Gasteiger partial charge in [-0.05, 0) is 31.2 Å². The van der Waals surface area contributed by atoms with Gasteiger partial charge in [0.05, 0.1) is 10.9 Å². The van der Waals surface area contributed by atoms with Gasteiger partial charge in [-0.3, -0.25) is 4.79 Å². The molecule has 1 atom stereocenters. The lowest BCUT2D eigenvalue weighted by molar-refractivity contribution is -0.122. The highest BCUT2D eigenvalue weighted by molar-refractivity contribution is 7.89. The third kappa shape index (κ3) is 6.16. The van der Waals surface area contributed by atoms with Gasteiger partial charge in [0.1, 0.15) is 5.75 Å². The normalized spacial score (nSPS) is 12.6. The minimum absolute atomic E-state index is 0.0695. The number of hydrogen-bond donors (Lipinski definition) is 2. The number of halogens is 3. The van der Waals surface area contributed by atoms with Crippen molar-refractivity contribution in [1.82, 2.24) is 10.0 Å². The molecule has 2 rings (SSSR count). The third-order valence-corrected chi connectivity index (χ3v) is 5.25. The monoisotopic (exact) mass is 418 g/mol. The number of carbonyl (C=O) groups is 1. The van der Waals surface area contributed by atoms with Gasteiger partial charge in [-0.15, -0.1) is 0 Å². The molecule has 146 valence electrons. The summed E-state index contributed by atoms with van der Waals surface area (Å²) in [4.78, 5) is 12.1. The van der Waals surface area contributed by atoms with Crippen LogP contribution < -0.4 is 14.8 Å². The maximum absolute atomic E-state index is 12.4. The summed E-state index contributed by atoms with van der Waals surface area (Å²) in [6.07, 6.45) is 0. The first-order chi connectivity index (χ1) is 12.7. The summed E-state index contributed by atoms with van der Waals surface area (Å²) in [6, 6.07) is 10.5. The molecule has 0 radical (unpaired) electrons. The molecule has 0 saturated carbocycles. The van der Waals surface area contributed by atoms with Crippen LogP contribution in [0, 0.1) is 0 Å². The van der Waals surface area contributed by atoms with Crippen molar-refractivity contribution in [2.24, 2.45) is 0 Å². The molecule has 0 saturated heterocycles. The fourth-order valence-corrected chi connectivity index (χ4v) is 3.69. The predicted octanol–water partition coefficient (Wildman–Crippen LogP) is 2.92. The lowest BCUT2D eigenvalue weighted by atomic mass is 10.2. The zero-order valence-electron chi connectivity index (χ0n) is 14.2. The average molecular weight is 419 g/mol. The number of amides is 1. The first-order valence-electron chi connectivity index (χ1n) is 7.77. The van der Waals surface area contributed by atoms with Gasteiger partial charge < -0.3 is 10.1 Å². The molecule has 0 spiro atoms. The molecule has 2 aromatic carbocycles. The molecule has 27 heavy (non-hydrogen) atoms. The highest BCUT2D eigenvalue weighted by Crippen LogP contribution is 2.20. The molecular formula is C17H17ClF2N2O4S. The molecule has 0 fully saturated rings. The van der Waals surface area contributed by atoms with Crippen molar-refractivity contribution in [3.63, 3.8) is 0 Å². The quantitative estimate of drug-likeness (QED) is 0.690. The molecule has 0 aliphatic heterocycles. The zero-order chi connectivity index (χ0) is 20.0. The Morgan fingerprint density at radius 3 is 2.56 bits per heavy atom. The first kappa shape index (κ1) is 21.1. The number of benzene rings is 2. The van der Waals surface area contributed by atoms with Gasteiger partial charge in [0, 0.05) is 17.1 Å². The molecule has 0 aromatic heterocycles. The van der Waals surface area contributed by atoms with E-state index >= 15 is 0 Å². The Labute approximate surface area is 160 Å². The SMILES string of the molecule is CC(NS(=O)(=O)c1cccc(Cl)c1)C(=O)NCc1ccccc1OC(F)F. The summed E-state index contributed by atoms with van der Waals surface area (Å²) >= 11 is 5.78. The van der Waals surface area contributed by atoms with Crippen molar-refractivity contribution in [1.29, 1.82) is 0 Å². The number of para-hydroxylation sites is 1. The number of nitrogens with one attached hydrogen (secondary N) is 2. The van der Waals surface area contributed by atoms with Crippen molar-refractivity contribution in [3.8, 4) is 5.75 Å². The number of carbonyl (C=O) groups excluding carboxylic acids is 1. The summed E-state index contributed by atoms with van der Waals surface area (Å²) in [5.41, 5.74) is 0.330. The van der Waals surface area contributed by atoms with Crippen molar-refractivity contribution < 1.29 is 26.7 Å². The van der Waals surface area contributed by atoms with Crippen LogP contribution in [0.3, 0.4) is 0 Å². The molecule has 1 amide bonds. The highest BCUT2D eigenvalue weighted by Gasteiger charge is 2.22. The summed E-state index contributed by atoms with van der Waals surface area (Å²) in [7, 11) is -3.95. The fraction of sp³-hybridized carbons (Fsp3) is 0.235. The van der Waals surface area contributed by atoms with E-state index in [1.54, 1.807) is 6.07 Å². The fourth-order valence-electron chi connectivity index (χ4n) is 2.18. The molecule has 0 aliphatic rings. The lowest BCUT2D eigenvalue weighted by Gasteiger charge is -2.16. The molecule has 2 N–H and O–H groups in total. The van der Waals surface area contributed by atoms with Crippen LogP contribution in [0.5, 0.6) is 5.75 Å². The zero-order valence-corrected chi connectivity index (χ0v) is 15.7. The van der Waals surface area contributed by atoms with E-state index in [2.05, 4.69) is 14.8 Å². The Kier molecular flexibility index (Phi) is 7.11. The van der Waals surface area contributed by atoms with E-state index in [4.69, 9.17) is 11.6 Å². The number of rotatable bonds is 8. The molecule has 0 aliphatic carbocycles. The molecule has 1 unspecified atom stereocenters. The van der Waals surface area contributed by atoms with Gasteiger partial charge >= 0.3 is 6.61 Å². The summed E-state index contributed by atoms with van der Waals surface area (Å²) < 4.78 is 56.0. The third-order valence-electron chi connectivity index (χ3n) is 3.47. The Bertz CT molecular complexity index is 909. The Morgan fingerprint density at radius 2 is 1.89 bits per heavy atom. The molecule has 0 heterocycles. The van der Waals surface area contributed by atoms with Crippen molar-refractivity contribution in [3.05, 3.63) is 59.1 Å².